The normalized spacial score (nSPS) is 10.1. The number of hydrogen-bond donors (Lipinski definition) is 1. The van der Waals surface area contributed by atoms with E-state index < -0.39 is 0 Å². The zero-order valence-corrected chi connectivity index (χ0v) is 14.0. The molecule has 0 aliphatic rings. The maximum Gasteiger partial charge on any atom is 0.242 e. The molecule has 0 bridgehead atoms. The van der Waals surface area contributed by atoms with E-state index in [1.54, 1.807) is 19.1 Å². The van der Waals surface area contributed by atoms with Gasteiger partial charge in [0.2, 0.25) is 11.8 Å². The summed E-state index contributed by atoms with van der Waals surface area (Å²) in [7, 11) is 3.31. The summed E-state index contributed by atoms with van der Waals surface area (Å²) in [5.41, 5.74) is 1.84. The fourth-order valence-corrected chi connectivity index (χ4v) is 2.33. The van der Waals surface area contributed by atoms with E-state index in [9.17, 15) is 9.59 Å². The van der Waals surface area contributed by atoms with Crippen molar-refractivity contribution in [3.63, 3.8) is 0 Å². The van der Waals surface area contributed by atoms with Crippen LogP contribution in [0.4, 0.5) is 0 Å². The van der Waals surface area contributed by atoms with Crippen LogP contribution in [0, 0.1) is 0 Å². The van der Waals surface area contributed by atoms with Crippen LogP contribution in [0.15, 0.2) is 54.6 Å². The predicted octanol–water partition coefficient (Wildman–Crippen LogP) is 2.01. The minimum atomic E-state index is -0.166. The van der Waals surface area contributed by atoms with Crippen LogP contribution in [0.5, 0.6) is 5.75 Å². The van der Waals surface area contributed by atoms with Gasteiger partial charge >= 0.3 is 0 Å². The van der Waals surface area contributed by atoms with Crippen LogP contribution in [0.1, 0.15) is 11.1 Å². The highest BCUT2D eigenvalue weighted by Crippen LogP contribution is 2.18. The number of ether oxygens (including phenoxy) is 1. The lowest BCUT2D eigenvalue weighted by Gasteiger charge is -2.19. The second-order valence-electron chi connectivity index (χ2n) is 5.50. The quantitative estimate of drug-likeness (QED) is 0.847. The number of rotatable bonds is 7. The molecule has 5 heteroatoms. The summed E-state index contributed by atoms with van der Waals surface area (Å²) in [6.07, 6.45) is 0.268. The molecule has 2 rings (SSSR count). The van der Waals surface area contributed by atoms with Crippen LogP contribution < -0.4 is 10.1 Å². The highest BCUT2D eigenvalue weighted by molar-refractivity contribution is 5.85. The van der Waals surface area contributed by atoms with Crippen molar-refractivity contribution in [1.29, 1.82) is 0 Å². The summed E-state index contributed by atoms with van der Waals surface area (Å²) < 4.78 is 5.28. The Morgan fingerprint density at radius 1 is 1.04 bits per heavy atom. The van der Waals surface area contributed by atoms with Gasteiger partial charge in [-0.05, 0) is 11.6 Å². The van der Waals surface area contributed by atoms with Crippen LogP contribution in [-0.2, 0) is 22.6 Å². The first-order chi connectivity index (χ1) is 11.6. The molecule has 2 amide bonds. The summed E-state index contributed by atoms with van der Waals surface area (Å²) in [6.45, 7) is 0.411. The lowest BCUT2D eigenvalue weighted by atomic mass is 10.1. The number of carbonyl (C=O) groups is 2. The molecule has 0 aromatic heterocycles. The van der Waals surface area contributed by atoms with Gasteiger partial charge in [0.25, 0.3) is 0 Å². The Morgan fingerprint density at radius 3 is 2.42 bits per heavy atom. The van der Waals surface area contributed by atoms with E-state index in [4.69, 9.17) is 4.74 Å². The molecule has 0 aliphatic carbocycles. The third-order valence-corrected chi connectivity index (χ3v) is 3.67. The number of nitrogens with one attached hydrogen (secondary N) is 1. The Labute approximate surface area is 142 Å². The molecule has 0 fully saturated rings. The molecule has 0 spiro atoms. The Hall–Kier alpha value is -2.82. The average molecular weight is 326 g/mol. The first-order valence-electron chi connectivity index (χ1n) is 7.76. The SMILES string of the molecule is COc1ccccc1CN(C)C(=O)CNC(=O)Cc1ccccc1. The maximum absolute atomic E-state index is 12.2. The topological polar surface area (TPSA) is 58.6 Å². The van der Waals surface area contributed by atoms with E-state index in [0.717, 1.165) is 16.9 Å². The van der Waals surface area contributed by atoms with E-state index in [1.165, 1.54) is 0 Å². The molecule has 0 atom stereocenters. The second kappa shape index (κ2) is 8.72. The summed E-state index contributed by atoms with van der Waals surface area (Å²) in [6, 6.07) is 17.0. The molecule has 2 aromatic rings. The number of hydrogen-bond acceptors (Lipinski definition) is 3. The fraction of sp³-hybridized carbons (Fsp3) is 0.263. The Kier molecular flexibility index (Phi) is 6.37. The van der Waals surface area contributed by atoms with Gasteiger partial charge in [-0.3, -0.25) is 9.59 Å². The van der Waals surface area contributed by atoms with Gasteiger partial charge in [0.15, 0.2) is 0 Å². The highest BCUT2D eigenvalue weighted by atomic mass is 16.5. The van der Waals surface area contributed by atoms with Crippen molar-refractivity contribution in [3.05, 3.63) is 65.7 Å². The monoisotopic (exact) mass is 326 g/mol. The first-order valence-corrected chi connectivity index (χ1v) is 7.76. The zero-order valence-electron chi connectivity index (χ0n) is 14.0. The van der Waals surface area contributed by atoms with E-state index in [1.807, 2.05) is 54.6 Å². The smallest absolute Gasteiger partial charge is 0.242 e. The van der Waals surface area contributed by atoms with Crippen LogP contribution >= 0.6 is 0 Å². The highest BCUT2D eigenvalue weighted by Gasteiger charge is 2.13. The van der Waals surface area contributed by atoms with Gasteiger partial charge in [0, 0.05) is 19.2 Å². The molecular formula is C19H22N2O3. The van der Waals surface area contributed by atoms with E-state index in [-0.39, 0.29) is 24.8 Å². The van der Waals surface area contributed by atoms with Crippen molar-refractivity contribution in [2.75, 3.05) is 20.7 Å². The minimum absolute atomic E-state index is 0.0166. The van der Waals surface area contributed by atoms with Gasteiger partial charge in [-0.1, -0.05) is 48.5 Å². The van der Waals surface area contributed by atoms with Crippen LogP contribution in [0.2, 0.25) is 0 Å². The number of nitrogens with zero attached hydrogens (tertiary/aromatic N) is 1. The average Bonchev–Trinajstić information content (AvgIpc) is 2.61. The molecular weight excluding hydrogens is 304 g/mol. The third kappa shape index (κ3) is 5.12. The third-order valence-electron chi connectivity index (χ3n) is 3.67. The van der Waals surface area contributed by atoms with Gasteiger partial charge in [-0.2, -0.15) is 0 Å². The van der Waals surface area contributed by atoms with Gasteiger partial charge < -0.3 is 15.0 Å². The Bertz CT molecular complexity index is 686. The van der Waals surface area contributed by atoms with Gasteiger partial charge in [-0.15, -0.1) is 0 Å². The van der Waals surface area contributed by atoms with Crippen LogP contribution in [-0.4, -0.2) is 37.4 Å². The standard InChI is InChI=1S/C19H22N2O3/c1-21(14-16-10-6-7-11-17(16)24-2)19(23)13-20-18(22)12-15-8-4-3-5-9-15/h3-11H,12-14H2,1-2H3,(H,20,22). The zero-order chi connectivity index (χ0) is 17.4. The second-order valence-corrected chi connectivity index (χ2v) is 5.50. The summed E-state index contributed by atoms with van der Waals surface area (Å²) in [5.74, 6) is 0.424. The van der Waals surface area contributed by atoms with E-state index >= 15 is 0 Å². The fourth-order valence-electron chi connectivity index (χ4n) is 2.33. The number of benzene rings is 2. The van der Waals surface area contributed by atoms with Gasteiger partial charge in [0.1, 0.15) is 5.75 Å². The van der Waals surface area contributed by atoms with Gasteiger partial charge in [-0.25, -0.2) is 0 Å². The summed E-state index contributed by atoms with van der Waals surface area (Å²) >= 11 is 0. The molecule has 0 aliphatic heterocycles. The molecule has 0 radical (unpaired) electrons. The molecule has 5 nitrogen and oxygen atoms in total. The van der Waals surface area contributed by atoms with Gasteiger partial charge in [0.05, 0.1) is 20.1 Å². The molecule has 0 unspecified atom stereocenters. The Morgan fingerprint density at radius 2 is 1.71 bits per heavy atom. The van der Waals surface area contributed by atoms with Crippen molar-refractivity contribution >= 4 is 11.8 Å². The van der Waals surface area contributed by atoms with Crippen LogP contribution in [0.25, 0.3) is 0 Å². The molecule has 126 valence electrons. The lowest BCUT2D eigenvalue weighted by molar-refractivity contribution is -0.132. The van der Waals surface area contributed by atoms with E-state index in [2.05, 4.69) is 5.32 Å². The molecule has 0 saturated heterocycles. The van der Waals surface area contributed by atoms with Crippen molar-refractivity contribution in [3.8, 4) is 5.75 Å². The predicted molar refractivity (Wildman–Crippen MR) is 92.6 cm³/mol. The number of amides is 2. The summed E-state index contributed by atoms with van der Waals surface area (Å²) in [4.78, 5) is 25.6. The number of carbonyl (C=O) groups excluding carboxylic acids is 2. The number of likely N-dealkylation sites (N-methyl/N-ethyl adjacent to an activating group) is 1. The molecule has 1 N–H and O–H groups in total. The summed E-state index contributed by atoms with van der Waals surface area (Å²) in [5, 5.41) is 2.66. The minimum Gasteiger partial charge on any atom is -0.496 e. The lowest BCUT2D eigenvalue weighted by Crippen LogP contribution is -2.38. The molecule has 0 heterocycles. The molecule has 0 saturated carbocycles. The van der Waals surface area contributed by atoms with Crippen molar-refractivity contribution in [1.82, 2.24) is 10.2 Å². The van der Waals surface area contributed by atoms with Crippen molar-refractivity contribution in [2.24, 2.45) is 0 Å². The first kappa shape index (κ1) is 17.5. The van der Waals surface area contributed by atoms with Crippen LogP contribution in [0.3, 0.4) is 0 Å². The maximum atomic E-state index is 12.2. The largest absolute Gasteiger partial charge is 0.496 e. The number of para-hydroxylation sites is 1. The molecule has 2 aromatic carbocycles. The van der Waals surface area contributed by atoms with Crippen molar-refractivity contribution in [2.45, 2.75) is 13.0 Å². The van der Waals surface area contributed by atoms with E-state index in [0.29, 0.717) is 6.54 Å². The van der Waals surface area contributed by atoms with Crippen molar-refractivity contribution < 1.29 is 14.3 Å². The Balaban J connectivity index is 1.82. The molecule has 24 heavy (non-hydrogen) atoms. The number of methoxy groups -OCH3 is 1.